The molecule has 31 heavy (non-hydrogen) atoms. The van der Waals surface area contributed by atoms with Gasteiger partial charge in [-0.2, -0.15) is 0 Å². The topological polar surface area (TPSA) is 50.8 Å². The van der Waals surface area contributed by atoms with E-state index in [1.807, 2.05) is 20.8 Å². The highest BCUT2D eigenvalue weighted by Gasteiger charge is 2.27. The summed E-state index contributed by atoms with van der Waals surface area (Å²) in [5, 5.41) is 2.91. The quantitative estimate of drug-likeness (QED) is 0.673. The van der Waals surface area contributed by atoms with Gasteiger partial charge in [0, 0.05) is 55.9 Å². The molecule has 0 atom stereocenters. The third kappa shape index (κ3) is 6.54. The van der Waals surface area contributed by atoms with Crippen LogP contribution in [0.3, 0.4) is 0 Å². The lowest BCUT2D eigenvalue weighted by Gasteiger charge is -2.33. The van der Waals surface area contributed by atoms with Crippen LogP contribution in [-0.2, 0) is 11.3 Å². The van der Waals surface area contributed by atoms with Gasteiger partial charge in [-0.15, -0.1) is 0 Å². The van der Waals surface area contributed by atoms with Crippen molar-refractivity contribution in [3.63, 3.8) is 0 Å². The van der Waals surface area contributed by atoms with Crippen LogP contribution in [-0.4, -0.2) is 35.8 Å². The van der Waals surface area contributed by atoms with E-state index in [1.54, 1.807) is 29.2 Å². The lowest BCUT2D eigenvalue weighted by molar-refractivity contribution is 0.0126. The van der Waals surface area contributed by atoms with E-state index >= 15 is 0 Å². The van der Waals surface area contributed by atoms with Gasteiger partial charge >= 0.3 is 6.09 Å². The summed E-state index contributed by atoms with van der Waals surface area (Å²) in [7, 11) is 0. The summed E-state index contributed by atoms with van der Waals surface area (Å²) in [6.07, 6.45) is 1.07. The zero-order valence-corrected chi connectivity index (χ0v) is 17.9. The fourth-order valence-corrected chi connectivity index (χ4v) is 3.26. The number of halogens is 3. The molecular weight excluding hydrogens is 409 g/mol. The number of benzene rings is 2. The van der Waals surface area contributed by atoms with Gasteiger partial charge in [-0.3, -0.25) is 0 Å². The fourth-order valence-electron chi connectivity index (χ4n) is 3.26. The SMILES string of the molecule is CC(C)(C)OC(=O)N1CCC(Oc2ccc(NCc3c(F)cc(F)cc3F)cc2)CC1. The molecule has 168 valence electrons. The van der Waals surface area contributed by atoms with Crippen LogP contribution in [0.5, 0.6) is 5.75 Å². The summed E-state index contributed by atoms with van der Waals surface area (Å²) in [5.74, 6) is -2.14. The Labute approximate surface area is 180 Å². The first kappa shape index (κ1) is 22.8. The Kier molecular flexibility index (Phi) is 6.97. The maximum atomic E-state index is 13.7. The Morgan fingerprint density at radius 1 is 1.06 bits per heavy atom. The van der Waals surface area contributed by atoms with Crippen molar-refractivity contribution >= 4 is 11.8 Å². The van der Waals surface area contributed by atoms with E-state index in [9.17, 15) is 18.0 Å². The van der Waals surface area contributed by atoms with Crippen molar-refractivity contribution in [3.05, 3.63) is 59.4 Å². The molecule has 1 heterocycles. The van der Waals surface area contributed by atoms with Crippen LogP contribution in [0, 0.1) is 17.5 Å². The minimum absolute atomic E-state index is 0.0140. The van der Waals surface area contributed by atoms with Gasteiger partial charge < -0.3 is 19.7 Å². The highest BCUT2D eigenvalue weighted by atomic mass is 19.1. The minimum atomic E-state index is -0.947. The van der Waals surface area contributed by atoms with Crippen molar-refractivity contribution in [2.75, 3.05) is 18.4 Å². The molecule has 1 fully saturated rings. The fraction of sp³-hybridized carbons (Fsp3) is 0.435. The number of anilines is 1. The number of nitrogens with zero attached hydrogens (tertiary/aromatic N) is 1. The molecule has 2 aromatic carbocycles. The largest absolute Gasteiger partial charge is 0.490 e. The Bertz CT molecular complexity index is 882. The normalized spacial score (nSPS) is 15.0. The number of likely N-dealkylation sites (tertiary alicyclic amines) is 1. The molecular formula is C23H27F3N2O3. The number of piperidine rings is 1. The Morgan fingerprint density at radius 3 is 2.19 bits per heavy atom. The van der Waals surface area contributed by atoms with E-state index in [-0.39, 0.29) is 24.3 Å². The number of ether oxygens (including phenoxy) is 2. The third-order valence-corrected chi connectivity index (χ3v) is 4.83. The van der Waals surface area contributed by atoms with Gasteiger partial charge in [0.1, 0.15) is 34.9 Å². The maximum absolute atomic E-state index is 13.7. The van der Waals surface area contributed by atoms with Gasteiger partial charge in [-0.1, -0.05) is 0 Å². The zero-order chi connectivity index (χ0) is 22.6. The summed E-state index contributed by atoms with van der Waals surface area (Å²) in [4.78, 5) is 13.8. The number of amides is 1. The molecule has 1 aliphatic rings. The summed E-state index contributed by atoms with van der Waals surface area (Å²) >= 11 is 0. The van der Waals surface area contributed by atoms with Crippen LogP contribution in [0.15, 0.2) is 36.4 Å². The standard InChI is InChI=1S/C23H27F3N2O3/c1-23(2,3)31-22(29)28-10-8-18(9-11-28)30-17-6-4-16(5-7-17)27-14-19-20(25)12-15(24)13-21(19)26/h4-7,12-13,18,27H,8-11,14H2,1-3H3. The van der Waals surface area contributed by atoms with Crippen molar-refractivity contribution in [2.24, 2.45) is 0 Å². The van der Waals surface area contributed by atoms with Crippen LogP contribution in [0.4, 0.5) is 23.7 Å². The van der Waals surface area contributed by atoms with Gasteiger partial charge in [0.25, 0.3) is 0 Å². The van der Waals surface area contributed by atoms with Crippen molar-refractivity contribution in [1.29, 1.82) is 0 Å². The highest BCUT2D eigenvalue weighted by Crippen LogP contribution is 2.23. The number of hydrogen-bond donors (Lipinski definition) is 1. The van der Waals surface area contributed by atoms with Crippen molar-refractivity contribution in [3.8, 4) is 5.75 Å². The summed E-state index contributed by atoms with van der Waals surface area (Å²) in [6.45, 7) is 6.53. The molecule has 8 heteroatoms. The van der Waals surface area contributed by atoms with Gasteiger partial charge in [-0.25, -0.2) is 18.0 Å². The predicted molar refractivity (Wildman–Crippen MR) is 112 cm³/mol. The van der Waals surface area contributed by atoms with Crippen molar-refractivity contribution in [2.45, 2.75) is 51.9 Å². The molecule has 1 aliphatic heterocycles. The zero-order valence-electron chi connectivity index (χ0n) is 17.9. The van der Waals surface area contributed by atoms with E-state index in [0.717, 1.165) is 0 Å². The molecule has 0 aromatic heterocycles. The van der Waals surface area contributed by atoms with Crippen molar-refractivity contribution in [1.82, 2.24) is 4.90 Å². The number of carbonyl (C=O) groups is 1. The van der Waals surface area contributed by atoms with E-state index in [0.29, 0.717) is 49.5 Å². The minimum Gasteiger partial charge on any atom is -0.490 e. The molecule has 3 rings (SSSR count). The monoisotopic (exact) mass is 436 g/mol. The highest BCUT2D eigenvalue weighted by molar-refractivity contribution is 5.68. The second-order valence-corrected chi connectivity index (χ2v) is 8.51. The predicted octanol–water partition coefficient (Wildman–Crippen LogP) is 5.49. The lowest BCUT2D eigenvalue weighted by Crippen LogP contribution is -2.44. The van der Waals surface area contributed by atoms with Crippen LogP contribution in [0.25, 0.3) is 0 Å². The second-order valence-electron chi connectivity index (χ2n) is 8.51. The summed E-state index contributed by atoms with van der Waals surface area (Å²) in [6, 6.07) is 8.32. The average Bonchev–Trinajstić information content (AvgIpc) is 2.67. The molecule has 0 radical (unpaired) electrons. The first-order valence-electron chi connectivity index (χ1n) is 10.2. The molecule has 5 nitrogen and oxygen atoms in total. The van der Waals surface area contributed by atoms with Gasteiger partial charge in [0.05, 0.1) is 0 Å². The van der Waals surface area contributed by atoms with E-state index in [1.165, 1.54) is 0 Å². The van der Waals surface area contributed by atoms with Gasteiger partial charge in [0.2, 0.25) is 0 Å². The van der Waals surface area contributed by atoms with Crippen LogP contribution in [0.2, 0.25) is 0 Å². The van der Waals surface area contributed by atoms with E-state index in [2.05, 4.69) is 5.32 Å². The number of carbonyl (C=O) groups excluding carboxylic acids is 1. The van der Waals surface area contributed by atoms with Crippen LogP contribution >= 0.6 is 0 Å². The van der Waals surface area contributed by atoms with Gasteiger partial charge in [-0.05, 0) is 45.0 Å². The summed E-state index contributed by atoms with van der Waals surface area (Å²) in [5.41, 5.74) is -0.0947. The molecule has 1 saturated heterocycles. The Morgan fingerprint density at radius 2 is 1.65 bits per heavy atom. The Hall–Kier alpha value is -2.90. The first-order valence-corrected chi connectivity index (χ1v) is 10.2. The van der Waals surface area contributed by atoms with E-state index in [4.69, 9.17) is 9.47 Å². The number of nitrogens with one attached hydrogen (secondary N) is 1. The Balaban J connectivity index is 1.48. The van der Waals surface area contributed by atoms with E-state index < -0.39 is 23.1 Å². The molecule has 0 spiro atoms. The molecule has 0 bridgehead atoms. The molecule has 1 N–H and O–H groups in total. The third-order valence-electron chi connectivity index (χ3n) is 4.83. The van der Waals surface area contributed by atoms with Crippen LogP contribution in [0.1, 0.15) is 39.2 Å². The lowest BCUT2D eigenvalue weighted by atomic mass is 10.1. The van der Waals surface area contributed by atoms with Crippen LogP contribution < -0.4 is 10.1 Å². The van der Waals surface area contributed by atoms with Crippen molar-refractivity contribution < 1.29 is 27.4 Å². The summed E-state index contributed by atoms with van der Waals surface area (Å²) < 4.78 is 51.8. The smallest absolute Gasteiger partial charge is 0.410 e. The maximum Gasteiger partial charge on any atom is 0.410 e. The second kappa shape index (κ2) is 9.49. The average molecular weight is 436 g/mol. The number of hydrogen-bond acceptors (Lipinski definition) is 4. The molecule has 2 aromatic rings. The van der Waals surface area contributed by atoms with Gasteiger partial charge in [0.15, 0.2) is 0 Å². The first-order chi connectivity index (χ1) is 14.6. The molecule has 0 unspecified atom stereocenters. The number of rotatable bonds is 5. The molecule has 0 aliphatic carbocycles. The molecule has 0 saturated carbocycles. The molecule has 1 amide bonds.